The first kappa shape index (κ1) is 23.9. The van der Waals surface area contributed by atoms with E-state index in [1.54, 1.807) is 6.08 Å². The molecule has 0 spiro atoms. The van der Waals surface area contributed by atoms with Gasteiger partial charge in [0.15, 0.2) is 0 Å². The highest BCUT2D eigenvalue weighted by Gasteiger charge is 2.20. The molecule has 1 aliphatic heterocycles. The molecule has 1 fully saturated rings. The fraction of sp³-hybridized carbons (Fsp3) is 0.650. The molecule has 0 saturated carbocycles. The normalized spacial score (nSPS) is 16.6. The van der Waals surface area contributed by atoms with Crippen LogP contribution in [0.3, 0.4) is 0 Å². The third kappa shape index (κ3) is 10.7. The van der Waals surface area contributed by atoms with Gasteiger partial charge in [-0.15, -0.1) is 0 Å². The highest BCUT2D eigenvalue weighted by Crippen LogP contribution is 2.18. The van der Waals surface area contributed by atoms with Gasteiger partial charge in [0, 0.05) is 56.1 Å². The number of ether oxygens (including phenoxy) is 1. The van der Waals surface area contributed by atoms with E-state index in [9.17, 15) is 4.79 Å². The van der Waals surface area contributed by atoms with Crippen LogP contribution >= 0.6 is 12.0 Å². The van der Waals surface area contributed by atoms with Gasteiger partial charge in [0.05, 0.1) is 26.4 Å². The summed E-state index contributed by atoms with van der Waals surface area (Å²) in [4.78, 5) is 17.6. The smallest absolute Gasteiger partial charge is 0.222 e. The quantitative estimate of drug-likeness (QED) is 0.292. The van der Waals surface area contributed by atoms with Gasteiger partial charge >= 0.3 is 0 Å². The molecular weight excluding hydrogens is 364 g/mol. The minimum absolute atomic E-state index is 0.0617. The molecule has 1 aliphatic rings. The van der Waals surface area contributed by atoms with E-state index in [4.69, 9.17) is 14.0 Å². The first-order valence-electron chi connectivity index (χ1n) is 9.58. The third-order valence-electron chi connectivity index (χ3n) is 4.25. The Labute approximate surface area is 168 Å². The van der Waals surface area contributed by atoms with Crippen molar-refractivity contribution in [1.82, 2.24) is 9.80 Å². The van der Waals surface area contributed by atoms with E-state index >= 15 is 0 Å². The van der Waals surface area contributed by atoms with Gasteiger partial charge in [0.1, 0.15) is 0 Å². The maximum absolute atomic E-state index is 12.4. The van der Waals surface area contributed by atoms with Crippen LogP contribution in [-0.2, 0) is 13.7 Å². The van der Waals surface area contributed by atoms with Crippen LogP contribution in [-0.4, -0.2) is 80.0 Å². The first-order chi connectivity index (χ1) is 13.1. The summed E-state index contributed by atoms with van der Waals surface area (Å²) >= 11 is 1.32. The second kappa shape index (κ2) is 14.9. The van der Waals surface area contributed by atoms with E-state index in [2.05, 4.69) is 11.5 Å². The summed E-state index contributed by atoms with van der Waals surface area (Å²) in [5.74, 6) is 0.218. The van der Waals surface area contributed by atoms with Crippen molar-refractivity contribution in [2.24, 2.45) is 0 Å². The lowest BCUT2D eigenvalue weighted by Gasteiger charge is -2.34. The number of aliphatic hydroxyl groups is 1. The molecule has 1 saturated heterocycles. The molecule has 7 heteroatoms. The van der Waals surface area contributed by atoms with E-state index in [0.717, 1.165) is 44.0 Å². The van der Waals surface area contributed by atoms with Crippen molar-refractivity contribution in [3.8, 4) is 0 Å². The molecule has 27 heavy (non-hydrogen) atoms. The highest BCUT2D eigenvalue weighted by atomic mass is 32.2. The summed E-state index contributed by atoms with van der Waals surface area (Å²) in [6.07, 6.45) is 7.07. The zero-order valence-corrected chi connectivity index (χ0v) is 17.5. The summed E-state index contributed by atoms with van der Waals surface area (Å²) in [5.41, 5.74) is 1.17. The Hall–Kier alpha value is -1.12. The molecule has 0 aromatic carbocycles. The Morgan fingerprint density at radius 1 is 1.19 bits per heavy atom. The van der Waals surface area contributed by atoms with Gasteiger partial charge in [0.25, 0.3) is 0 Å². The third-order valence-corrected chi connectivity index (χ3v) is 5.10. The number of hydrogen-bond acceptors (Lipinski definition) is 6. The summed E-state index contributed by atoms with van der Waals surface area (Å²) in [5, 5.41) is 8.70. The van der Waals surface area contributed by atoms with Gasteiger partial charge in [-0.2, -0.15) is 0 Å². The fourth-order valence-corrected chi connectivity index (χ4v) is 3.05. The van der Waals surface area contributed by atoms with E-state index in [1.807, 2.05) is 30.9 Å². The molecule has 0 atom stereocenters. The van der Waals surface area contributed by atoms with E-state index in [0.29, 0.717) is 26.2 Å². The lowest BCUT2D eigenvalue weighted by atomic mass is 10.1. The number of hydrogen-bond donors (Lipinski definition) is 1. The van der Waals surface area contributed by atoms with Crippen molar-refractivity contribution in [3.63, 3.8) is 0 Å². The summed E-state index contributed by atoms with van der Waals surface area (Å²) in [7, 11) is 0. The van der Waals surface area contributed by atoms with Crippen LogP contribution in [0.4, 0.5) is 0 Å². The molecule has 154 valence electrons. The summed E-state index contributed by atoms with van der Waals surface area (Å²) in [6, 6.07) is 0. The van der Waals surface area contributed by atoms with Gasteiger partial charge in [-0.25, -0.2) is 0 Å². The molecule has 0 radical (unpaired) electrons. The van der Waals surface area contributed by atoms with Crippen LogP contribution in [0, 0.1) is 0 Å². The number of amides is 1. The number of aliphatic hydroxyl groups excluding tert-OH is 1. The number of carbonyl (C=O) groups is 1. The Morgan fingerprint density at radius 3 is 2.56 bits per heavy atom. The SMILES string of the molecule is C=C/C(=C\C=C(/C)CCC(=O)N1CCN(CCOCCO)CC1)SOCC. The predicted octanol–water partition coefficient (Wildman–Crippen LogP) is 2.62. The van der Waals surface area contributed by atoms with Crippen molar-refractivity contribution in [3.05, 3.63) is 35.3 Å². The summed E-state index contributed by atoms with van der Waals surface area (Å²) in [6.45, 7) is 13.6. The number of piperazine rings is 1. The van der Waals surface area contributed by atoms with E-state index in [-0.39, 0.29) is 12.5 Å². The van der Waals surface area contributed by atoms with Crippen LogP contribution in [0.25, 0.3) is 0 Å². The molecule has 0 aromatic rings. The molecule has 0 bridgehead atoms. The second-order valence-corrected chi connectivity index (χ2v) is 7.21. The van der Waals surface area contributed by atoms with Crippen molar-refractivity contribution in [2.75, 3.05) is 59.2 Å². The highest BCUT2D eigenvalue weighted by molar-refractivity contribution is 7.98. The molecule has 1 heterocycles. The van der Waals surface area contributed by atoms with Crippen molar-refractivity contribution in [1.29, 1.82) is 0 Å². The maximum Gasteiger partial charge on any atom is 0.222 e. The molecule has 0 aliphatic carbocycles. The van der Waals surface area contributed by atoms with Crippen molar-refractivity contribution >= 4 is 17.9 Å². The average Bonchev–Trinajstić information content (AvgIpc) is 2.70. The van der Waals surface area contributed by atoms with Crippen molar-refractivity contribution < 1.29 is 18.8 Å². The Kier molecular flexibility index (Phi) is 13.2. The topological polar surface area (TPSA) is 62.2 Å². The van der Waals surface area contributed by atoms with Crippen LogP contribution in [0.2, 0.25) is 0 Å². The fourth-order valence-electron chi connectivity index (χ4n) is 2.61. The number of carbonyl (C=O) groups excluding carboxylic acids is 1. The van der Waals surface area contributed by atoms with E-state index in [1.165, 1.54) is 17.6 Å². The molecule has 1 amide bonds. The van der Waals surface area contributed by atoms with E-state index < -0.39 is 0 Å². The number of allylic oxidation sites excluding steroid dienone is 4. The molecule has 1 rings (SSSR count). The van der Waals surface area contributed by atoms with Crippen LogP contribution in [0.5, 0.6) is 0 Å². The van der Waals surface area contributed by atoms with Gasteiger partial charge in [-0.3, -0.25) is 9.69 Å². The van der Waals surface area contributed by atoms with Crippen molar-refractivity contribution in [2.45, 2.75) is 26.7 Å². The monoisotopic (exact) mass is 398 g/mol. The zero-order valence-electron chi connectivity index (χ0n) is 16.7. The maximum atomic E-state index is 12.4. The Bertz CT molecular complexity index is 500. The molecule has 1 N–H and O–H groups in total. The Morgan fingerprint density at radius 2 is 1.93 bits per heavy atom. The minimum Gasteiger partial charge on any atom is -0.394 e. The number of rotatable bonds is 13. The van der Waals surface area contributed by atoms with Gasteiger partial charge in [-0.1, -0.05) is 24.3 Å². The van der Waals surface area contributed by atoms with Gasteiger partial charge in [-0.05, 0) is 26.3 Å². The Balaban J connectivity index is 2.29. The van der Waals surface area contributed by atoms with Crippen LogP contribution < -0.4 is 0 Å². The van der Waals surface area contributed by atoms with Crippen LogP contribution in [0.1, 0.15) is 26.7 Å². The lowest BCUT2D eigenvalue weighted by Crippen LogP contribution is -2.49. The lowest BCUT2D eigenvalue weighted by molar-refractivity contribution is -0.133. The summed E-state index contributed by atoms with van der Waals surface area (Å²) < 4.78 is 10.6. The molecular formula is C20H34N2O4S. The van der Waals surface area contributed by atoms with Crippen LogP contribution in [0.15, 0.2) is 35.3 Å². The van der Waals surface area contributed by atoms with Gasteiger partial charge < -0.3 is 18.9 Å². The number of nitrogens with zero attached hydrogens (tertiary/aromatic N) is 2. The predicted molar refractivity (Wildman–Crippen MR) is 111 cm³/mol. The average molecular weight is 399 g/mol. The second-order valence-electron chi connectivity index (χ2n) is 6.33. The molecule has 0 aromatic heterocycles. The largest absolute Gasteiger partial charge is 0.394 e. The standard InChI is InChI=1S/C20H34N2O4S/c1-4-19(27-26-5-2)8-6-18(3)7-9-20(24)22-12-10-21(11-13-22)14-16-25-17-15-23/h4,6,8,23H,1,5,7,9-17H2,2-3H3/b18-6+,19-8+. The zero-order chi connectivity index (χ0) is 19.9. The molecule has 0 unspecified atom stereocenters. The molecule has 6 nitrogen and oxygen atoms in total. The minimum atomic E-state index is 0.0617. The first-order valence-corrected chi connectivity index (χ1v) is 10.3. The van der Waals surface area contributed by atoms with Gasteiger partial charge in [0.2, 0.25) is 5.91 Å².